The lowest BCUT2D eigenvalue weighted by Crippen LogP contribution is -2.22. The van der Waals surface area contributed by atoms with Gasteiger partial charge in [-0.3, -0.25) is 4.79 Å². The van der Waals surface area contributed by atoms with Crippen LogP contribution in [0.5, 0.6) is 5.75 Å². The number of rotatable bonds is 5. The fourth-order valence-corrected chi connectivity index (χ4v) is 1.29. The minimum absolute atomic E-state index is 0.0914. The van der Waals surface area contributed by atoms with Crippen molar-refractivity contribution in [3.63, 3.8) is 0 Å². The van der Waals surface area contributed by atoms with Gasteiger partial charge >= 0.3 is 5.97 Å². The Morgan fingerprint density at radius 2 is 2.25 bits per heavy atom. The van der Waals surface area contributed by atoms with Crippen LogP contribution < -0.4 is 5.32 Å². The van der Waals surface area contributed by atoms with Gasteiger partial charge in [-0.1, -0.05) is 23.8 Å². The normalized spacial score (nSPS) is 10.8. The van der Waals surface area contributed by atoms with Gasteiger partial charge in [0.25, 0.3) is 0 Å². The number of halogens is 1. The van der Waals surface area contributed by atoms with Gasteiger partial charge in [0, 0.05) is 17.1 Å². The molecule has 3 N–H and O–H groups in total. The average Bonchev–Trinajstić information content (AvgIpc) is 2.22. The van der Waals surface area contributed by atoms with Crippen molar-refractivity contribution in [3.05, 3.63) is 34.9 Å². The summed E-state index contributed by atoms with van der Waals surface area (Å²) in [6, 6.07) is 4.73. The van der Waals surface area contributed by atoms with Gasteiger partial charge in [-0.2, -0.15) is 0 Å². The molecule has 1 aromatic rings. The highest BCUT2D eigenvalue weighted by Crippen LogP contribution is 2.22. The minimum Gasteiger partial charge on any atom is -0.507 e. The lowest BCUT2D eigenvalue weighted by molar-refractivity contribution is -0.135. The first kappa shape index (κ1) is 12.5. The van der Waals surface area contributed by atoms with E-state index in [9.17, 15) is 9.90 Å². The van der Waals surface area contributed by atoms with Crippen LogP contribution in [0.15, 0.2) is 24.3 Å². The number of aliphatic carboxylic acids is 1. The second-order valence-corrected chi connectivity index (χ2v) is 3.57. The first-order chi connectivity index (χ1) is 7.59. The summed E-state index contributed by atoms with van der Waals surface area (Å²) in [6.45, 7) is 0.324. The standard InChI is InChI=1S/C11H12ClNO3/c12-9-3-4-10(14)8(6-9)2-1-5-13-7-11(15)16/h1-4,6,13-14H,5,7H2,(H,15,16). The maximum Gasteiger partial charge on any atom is 0.317 e. The molecule has 0 spiro atoms. The summed E-state index contributed by atoms with van der Waals surface area (Å²) >= 11 is 5.76. The quantitative estimate of drug-likeness (QED) is 0.687. The van der Waals surface area contributed by atoms with Crippen LogP contribution in [-0.2, 0) is 4.79 Å². The zero-order valence-corrected chi connectivity index (χ0v) is 9.24. The second-order valence-electron chi connectivity index (χ2n) is 3.13. The number of carboxylic acid groups (broad SMARTS) is 1. The molecule has 0 atom stereocenters. The Bertz CT molecular complexity index is 404. The van der Waals surface area contributed by atoms with E-state index in [1.54, 1.807) is 24.3 Å². The van der Waals surface area contributed by atoms with Gasteiger partial charge in [-0.05, 0) is 18.2 Å². The molecule has 0 aliphatic rings. The highest BCUT2D eigenvalue weighted by Gasteiger charge is 1.97. The Balaban J connectivity index is 2.49. The van der Waals surface area contributed by atoms with Crippen LogP contribution in [0, 0.1) is 0 Å². The lowest BCUT2D eigenvalue weighted by Gasteiger charge is -1.99. The van der Waals surface area contributed by atoms with E-state index in [0.29, 0.717) is 17.1 Å². The van der Waals surface area contributed by atoms with Gasteiger partial charge in [-0.15, -0.1) is 0 Å². The zero-order chi connectivity index (χ0) is 12.0. The number of benzene rings is 1. The summed E-state index contributed by atoms with van der Waals surface area (Å²) in [5.41, 5.74) is 0.602. The number of hydrogen-bond acceptors (Lipinski definition) is 3. The van der Waals surface area contributed by atoms with E-state index in [4.69, 9.17) is 16.7 Å². The molecule has 0 amide bonds. The minimum atomic E-state index is -0.904. The lowest BCUT2D eigenvalue weighted by atomic mass is 10.2. The number of nitrogens with one attached hydrogen (secondary N) is 1. The third-order valence-corrected chi connectivity index (χ3v) is 2.06. The number of hydrogen-bond donors (Lipinski definition) is 3. The monoisotopic (exact) mass is 241 g/mol. The van der Waals surface area contributed by atoms with Gasteiger partial charge in [0.2, 0.25) is 0 Å². The maximum absolute atomic E-state index is 10.2. The van der Waals surface area contributed by atoms with E-state index in [0.717, 1.165) is 0 Å². The molecule has 0 saturated carbocycles. The highest BCUT2D eigenvalue weighted by atomic mass is 35.5. The molecule has 0 fully saturated rings. The molecule has 0 aromatic heterocycles. The second kappa shape index (κ2) is 6.15. The summed E-state index contributed by atoms with van der Waals surface area (Å²) in [7, 11) is 0. The van der Waals surface area contributed by atoms with Gasteiger partial charge < -0.3 is 15.5 Å². The van der Waals surface area contributed by atoms with E-state index in [1.165, 1.54) is 6.07 Å². The Hall–Kier alpha value is -1.52. The Kier molecular flexibility index (Phi) is 4.82. The average molecular weight is 242 g/mol. The summed E-state index contributed by atoms with van der Waals surface area (Å²) in [5, 5.41) is 21.0. The molecule has 0 unspecified atom stereocenters. The summed E-state index contributed by atoms with van der Waals surface area (Å²) in [6.07, 6.45) is 3.39. The molecule has 0 bridgehead atoms. The van der Waals surface area contributed by atoms with Gasteiger partial charge in [0.1, 0.15) is 5.75 Å². The molecule has 1 aromatic carbocycles. The fraction of sp³-hybridized carbons (Fsp3) is 0.182. The molecule has 1 rings (SSSR count). The van der Waals surface area contributed by atoms with Crippen LogP contribution in [0.2, 0.25) is 5.02 Å². The fourth-order valence-electron chi connectivity index (χ4n) is 1.11. The Labute approximate surface area is 98.2 Å². The first-order valence-electron chi connectivity index (χ1n) is 4.67. The molecule has 5 heteroatoms. The molecular formula is C11H12ClNO3. The van der Waals surface area contributed by atoms with Crippen LogP contribution in [0.3, 0.4) is 0 Å². The van der Waals surface area contributed by atoms with E-state index in [-0.39, 0.29) is 12.3 Å². The number of phenols is 1. The molecule has 0 aliphatic heterocycles. The van der Waals surface area contributed by atoms with Gasteiger partial charge in [-0.25, -0.2) is 0 Å². The number of carboxylic acids is 1. The SMILES string of the molecule is O=C(O)CNCC=Cc1cc(Cl)ccc1O. The van der Waals surface area contributed by atoms with E-state index in [1.807, 2.05) is 0 Å². The Morgan fingerprint density at radius 1 is 1.50 bits per heavy atom. The summed E-state index contributed by atoms with van der Waals surface area (Å²) in [4.78, 5) is 10.2. The summed E-state index contributed by atoms with van der Waals surface area (Å²) in [5.74, 6) is -0.766. The van der Waals surface area contributed by atoms with Crippen molar-refractivity contribution >= 4 is 23.6 Å². The molecule has 86 valence electrons. The smallest absolute Gasteiger partial charge is 0.317 e. The summed E-state index contributed by atoms with van der Waals surface area (Å²) < 4.78 is 0. The molecule has 16 heavy (non-hydrogen) atoms. The van der Waals surface area contributed by atoms with E-state index in [2.05, 4.69) is 5.32 Å². The van der Waals surface area contributed by atoms with Crippen molar-refractivity contribution in [2.75, 3.05) is 13.1 Å². The van der Waals surface area contributed by atoms with Crippen LogP contribution >= 0.6 is 11.6 Å². The van der Waals surface area contributed by atoms with Crippen molar-refractivity contribution in [3.8, 4) is 5.75 Å². The van der Waals surface area contributed by atoms with E-state index >= 15 is 0 Å². The van der Waals surface area contributed by atoms with Crippen molar-refractivity contribution in [2.45, 2.75) is 0 Å². The molecule has 0 heterocycles. The van der Waals surface area contributed by atoms with E-state index < -0.39 is 5.97 Å². The molecule has 0 aliphatic carbocycles. The molecule has 0 radical (unpaired) electrons. The van der Waals surface area contributed by atoms with Crippen LogP contribution in [0.25, 0.3) is 6.08 Å². The van der Waals surface area contributed by atoms with Crippen molar-refractivity contribution in [1.29, 1.82) is 0 Å². The first-order valence-corrected chi connectivity index (χ1v) is 5.05. The van der Waals surface area contributed by atoms with Crippen LogP contribution in [-0.4, -0.2) is 29.3 Å². The predicted molar refractivity (Wildman–Crippen MR) is 62.7 cm³/mol. The van der Waals surface area contributed by atoms with Crippen LogP contribution in [0.4, 0.5) is 0 Å². The Morgan fingerprint density at radius 3 is 2.94 bits per heavy atom. The largest absolute Gasteiger partial charge is 0.507 e. The molecule has 0 saturated heterocycles. The molecular weight excluding hydrogens is 230 g/mol. The highest BCUT2D eigenvalue weighted by molar-refractivity contribution is 6.30. The van der Waals surface area contributed by atoms with Crippen LogP contribution in [0.1, 0.15) is 5.56 Å². The number of aromatic hydroxyl groups is 1. The predicted octanol–water partition coefficient (Wildman–Crippen LogP) is 1.73. The maximum atomic E-state index is 10.2. The third kappa shape index (κ3) is 4.33. The van der Waals surface area contributed by atoms with Crippen molar-refractivity contribution in [1.82, 2.24) is 5.32 Å². The van der Waals surface area contributed by atoms with Gasteiger partial charge in [0.05, 0.1) is 6.54 Å². The molecule has 4 nitrogen and oxygen atoms in total. The van der Waals surface area contributed by atoms with Crippen molar-refractivity contribution < 1.29 is 15.0 Å². The van der Waals surface area contributed by atoms with Crippen molar-refractivity contribution in [2.24, 2.45) is 0 Å². The van der Waals surface area contributed by atoms with Gasteiger partial charge in [0.15, 0.2) is 0 Å². The third-order valence-electron chi connectivity index (χ3n) is 1.83. The topological polar surface area (TPSA) is 69.6 Å². The number of phenolic OH excluding ortho intramolecular Hbond substituents is 1. The number of carbonyl (C=O) groups is 1. The zero-order valence-electron chi connectivity index (χ0n) is 8.48.